The summed E-state index contributed by atoms with van der Waals surface area (Å²) in [4.78, 5) is 12.6. The first kappa shape index (κ1) is 17.0. The van der Waals surface area contributed by atoms with Gasteiger partial charge in [-0.05, 0) is 13.1 Å². The van der Waals surface area contributed by atoms with Crippen LogP contribution in [0.4, 0.5) is 5.69 Å². The summed E-state index contributed by atoms with van der Waals surface area (Å²) in [6.45, 7) is 7.25. The molecule has 118 valence electrons. The molecule has 1 rings (SSSR count). The molecule has 1 aromatic carbocycles. The molecule has 0 amide bonds. The third-order valence-electron chi connectivity index (χ3n) is 3.20. The van der Waals surface area contributed by atoms with Gasteiger partial charge in [-0.25, -0.2) is 0 Å². The molecule has 1 aromatic rings. The Balaban J connectivity index is 2.91. The number of nitro benzene ring substituents is 1. The van der Waals surface area contributed by atoms with Crippen molar-refractivity contribution in [3.63, 3.8) is 0 Å². The van der Waals surface area contributed by atoms with E-state index in [1.807, 2.05) is 0 Å². The van der Waals surface area contributed by atoms with E-state index < -0.39 is 4.92 Å². The van der Waals surface area contributed by atoms with E-state index in [4.69, 9.17) is 14.2 Å². The summed E-state index contributed by atoms with van der Waals surface area (Å²) in [6, 6.07) is 2.66. The van der Waals surface area contributed by atoms with Gasteiger partial charge in [0.25, 0.3) is 5.69 Å². The van der Waals surface area contributed by atoms with E-state index in [0.29, 0.717) is 23.9 Å². The second kappa shape index (κ2) is 8.31. The number of benzene rings is 1. The lowest BCUT2D eigenvalue weighted by Gasteiger charge is -2.19. The first-order valence-electron chi connectivity index (χ1n) is 6.82. The summed E-state index contributed by atoms with van der Waals surface area (Å²) < 4.78 is 16.0. The Morgan fingerprint density at radius 1 is 1.14 bits per heavy atom. The third-order valence-corrected chi connectivity index (χ3v) is 3.20. The quantitative estimate of drug-likeness (QED) is 0.514. The van der Waals surface area contributed by atoms with Gasteiger partial charge >= 0.3 is 0 Å². The minimum Gasteiger partial charge on any atom is -0.492 e. The molecule has 7 heteroatoms. The Morgan fingerprint density at radius 2 is 1.67 bits per heavy atom. The highest BCUT2D eigenvalue weighted by atomic mass is 16.6. The lowest BCUT2D eigenvalue weighted by molar-refractivity contribution is -0.385. The SMILES string of the molecule is CCN(CC)CCOc1c(OC)cc([N+](=O)[O-])cc1OC. The fourth-order valence-electron chi connectivity index (χ4n) is 1.93. The number of hydrogen-bond donors (Lipinski definition) is 0. The predicted molar refractivity (Wildman–Crippen MR) is 79.5 cm³/mol. The summed E-state index contributed by atoms with van der Waals surface area (Å²) >= 11 is 0. The average Bonchev–Trinajstić information content (AvgIpc) is 2.50. The van der Waals surface area contributed by atoms with Crippen LogP contribution in [-0.2, 0) is 0 Å². The summed E-state index contributed by atoms with van der Waals surface area (Å²) in [6.07, 6.45) is 0. The Labute approximate surface area is 124 Å². The molecule has 0 aliphatic heterocycles. The van der Waals surface area contributed by atoms with E-state index in [0.717, 1.165) is 19.6 Å². The minimum absolute atomic E-state index is 0.0974. The maximum atomic E-state index is 10.9. The molecule has 0 spiro atoms. The molecule has 0 aliphatic rings. The van der Waals surface area contributed by atoms with E-state index >= 15 is 0 Å². The van der Waals surface area contributed by atoms with Gasteiger partial charge < -0.3 is 19.1 Å². The van der Waals surface area contributed by atoms with Crippen LogP contribution < -0.4 is 14.2 Å². The Hall–Kier alpha value is -2.02. The number of ether oxygens (including phenoxy) is 3. The van der Waals surface area contributed by atoms with Gasteiger partial charge in [-0.1, -0.05) is 13.8 Å². The summed E-state index contributed by atoms with van der Waals surface area (Å²) in [5, 5.41) is 10.9. The zero-order chi connectivity index (χ0) is 15.8. The van der Waals surface area contributed by atoms with Gasteiger partial charge in [-0.15, -0.1) is 0 Å². The van der Waals surface area contributed by atoms with Crippen molar-refractivity contribution in [1.82, 2.24) is 4.90 Å². The first-order valence-corrected chi connectivity index (χ1v) is 6.82. The number of methoxy groups -OCH3 is 2. The highest BCUT2D eigenvalue weighted by Gasteiger charge is 2.19. The van der Waals surface area contributed by atoms with Gasteiger partial charge in [0.2, 0.25) is 5.75 Å². The second-order valence-corrected chi connectivity index (χ2v) is 4.31. The van der Waals surface area contributed by atoms with Crippen LogP contribution in [0.5, 0.6) is 17.2 Å². The largest absolute Gasteiger partial charge is 0.492 e. The molecule has 0 atom stereocenters. The van der Waals surface area contributed by atoms with Gasteiger partial charge in [0.05, 0.1) is 31.3 Å². The van der Waals surface area contributed by atoms with Gasteiger partial charge in [-0.2, -0.15) is 0 Å². The van der Waals surface area contributed by atoms with Gasteiger partial charge in [-0.3, -0.25) is 10.1 Å². The Kier molecular flexibility index (Phi) is 6.74. The summed E-state index contributed by atoms with van der Waals surface area (Å²) in [7, 11) is 2.88. The van der Waals surface area contributed by atoms with Crippen molar-refractivity contribution in [2.45, 2.75) is 13.8 Å². The predicted octanol–water partition coefficient (Wildman–Crippen LogP) is 2.33. The maximum absolute atomic E-state index is 10.9. The molecule has 0 bridgehead atoms. The molecule has 0 aliphatic carbocycles. The highest BCUT2D eigenvalue weighted by molar-refractivity contribution is 5.58. The van der Waals surface area contributed by atoms with E-state index in [2.05, 4.69) is 18.7 Å². The van der Waals surface area contributed by atoms with Crippen LogP contribution in [0.1, 0.15) is 13.8 Å². The Morgan fingerprint density at radius 3 is 2.05 bits per heavy atom. The molecule has 0 fully saturated rings. The van der Waals surface area contributed by atoms with Crippen LogP contribution in [0.3, 0.4) is 0 Å². The van der Waals surface area contributed by atoms with Crippen molar-refractivity contribution in [3.05, 3.63) is 22.2 Å². The van der Waals surface area contributed by atoms with Gasteiger partial charge in [0.1, 0.15) is 6.61 Å². The molecule has 21 heavy (non-hydrogen) atoms. The number of non-ortho nitro benzene ring substituents is 1. The van der Waals surface area contributed by atoms with Gasteiger partial charge in [0.15, 0.2) is 11.5 Å². The fourth-order valence-corrected chi connectivity index (χ4v) is 1.93. The van der Waals surface area contributed by atoms with Crippen LogP contribution >= 0.6 is 0 Å². The van der Waals surface area contributed by atoms with E-state index in [9.17, 15) is 10.1 Å². The van der Waals surface area contributed by atoms with Crippen LogP contribution in [0.2, 0.25) is 0 Å². The summed E-state index contributed by atoms with van der Waals surface area (Å²) in [5.74, 6) is 0.971. The number of hydrogen-bond acceptors (Lipinski definition) is 6. The molecule has 0 heterocycles. The first-order chi connectivity index (χ1) is 10.1. The van der Waals surface area contributed by atoms with Crippen molar-refractivity contribution < 1.29 is 19.1 Å². The summed E-state index contributed by atoms with van der Waals surface area (Å²) in [5.41, 5.74) is -0.0974. The molecule has 0 radical (unpaired) electrons. The van der Waals surface area contributed by atoms with Crippen molar-refractivity contribution >= 4 is 5.69 Å². The lowest BCUT2D eigenvalue weighted by atomic mass is 10.2. The maximum Gasteiger partial charge on any atom is 0.277 e. The highest BCUT2D eigenvalue weighted by Crippen LogP contribution is 2.40. The van der Waals surface area contributed by atoms with Crippen molar-refractivity contribution in [1.29, 1.82) is 0 Å². The second-order valence-electron chi connectivity index (χ2n) is 4.31. The van der Waals surface area contributed by atoms with Crippen LogP contribution in [-0.4, -0.2) is 50.3 Å². The van der Waals surface area contributed by atoms with Crippen molar-refractivity contribution in [2.75, 3.05) is 40.5 Å². The van der Waals surface area contributed by atoms with Gasteiger partial charge in [0, 0.05) is 6.54 Å². The Bertz CT molecular complexity index is 449. The molecule has 0 N–H and O–H groups in total. The number of likely N-dealkylation sites (N-methyl/N-ethyl adjacent to an activating group) is 1. The fraction of sp³-hybridized carbons (Fsp3) is 0.571. The molecular weight excluding hydrogens is 276 g/mol. The molecule has 0 saturated heterocycles. The lowest BCUT2D eigenvalue weighted by Crippen LogP contribution is -2.28. The van der Waals surface area contributed by atoms with E-state index in [-0.39, 0.29) is 5.69 Å². The van der Waals surface area contributed by atoms with Crippen molar-refractivity contribution in [3.8, 4) is 17.2 Å². The zero-order valence-corrected chi connectivity index (χ0v) is 12.9. The molecule has 7 nitrogen and oxygen atoms in total. The van der Waals surface area contributed by atoms with E-state index in [1.54, 1.807) is 0 Å². The molecular formula is C14H22N2O5. The molecule has 0 aromatic heterocycles. The van der Waals surface area contributed by atoms with Crippen LogP contribution in [0.15, 0.2) is 12.1 Å². The molecule has 0 saturated carbocycles. The monoisotopic (exact) mass is 298 g/mol. The van der Waals surface area contributed by atoms with Crippen molar-refractivity contribution in [2.24, 2.45) is 0 Å². The third kappa shape index (κ3) is 4.49. The number of rotatable bonds is 9. The average molecular weight is 298 g/mol. The number of nitrogens with zero attached hydrogens (tertiary/aromatic N) is 2. The number of nitro groups is 1. The van der Waals surface area contributed by atoms with Crippen LogP contribution in [0, 0.1) is 10.1 Å². The van der Waals surface area contributed by atoms with E-state index in [1.165, 1.54) is 26.4 Å². The normalized spacial score (nSPS) is 10.5. The zero-order valence-electron chi connectivity index (χ0n) is 12.9. The standard InChI is InChI=1S/C14H22N2O5/c1-5-15(6-2)7-8-21-14-12(19-3)9-11(16(17)18)10-13(14)20-4/h9-10H,5-8H2,1-4H3. The topological polar surface area (TPSA) is 74.1 Å². The van der Waals surface area contributed by atoms with Crippen LogP contribution in [0.25, 0.3) is 0 Å². The minimum atomic E-state index is -0.495. The molecule has 0 unspecified atom stereocenters. The smallest absolute Gasteiger partial charge is 0.277 e.